The Morgan fingerprint density at radius 2 is 1.84 bits per heavy atom. The van der Waals surface area contributed by atoms with Gasteiger partial charge in [-0.1, -0.05) is 45.4 Å². The number of benzene rings is 1. The molecule has 2 aromatic rings. The maximum absolute atomic E-state index is 12.8. The van der Waals surface area contributed by atoms with Crippen molar-refractivity contribution in [3.05, 3.63) is 42.1 Å². The van der Waals surface area contributed by atoms with E-state index in [2.05, 4.69) is 53.6 Å². The van der Waals surface area contributed by atoms with Crippen LogP contribution in [0.5, 0.6) is 5.75 Å². The van der Waals surface area contributed by atoms with Gasteiger partial charge in [-0.25, -0.2) is 4.98 Å². The van der Waals surface area contributed by atoms with Gasteiger partial charge in [0.1, 0.15) is 24.2 Å². The molecule has 0 aliphatic heterocycles. The van der Waals surface area contributed by atoms with E-state index < -0.39 is 0 Å². The Labute approximate surface area is 186 Å². The number of nitrogens with one attached hydrogen (secondary N) is 3. The summed E-state index contributed by atoms with van der Waals surface area (Å²) in [5.74, 6) is 2.33. The molecule has 1 amide bonds. The third-order valence-corrected chi connectivity index (χ3v) is 4.71. The lowest BCUT2D eigenvalue weighted by molar-refractivity contribution is -0.122. The lowest BCUT2D eigenvalue weighted by Gasteiger charge is -2.21. The topological polar surface area (TPSA) is 88.2 Å². The van der Waals surface area contributed by atoms with E-state index in [9.17, 15) is 4.79 Å². The first-order chi connectivity index (χ1) is 14.9. The second-order valence-corrected chi connectivity index (χ2v) is 8.33. The molecule has 0 aliphatic rings. The molecule has 1 aromatic carbocycles. The van der Waals surface area contributed by atoms with Gasteiger partial charge in [-0.2, -0.15) is 4.98 Å². The Morgan fingerprint density at radius 3 is 2.52 bits per heavy atom. The van der Waals surface area contributed by atoms with Crippen LogP contribution < -0.4 is 20.7 Å². The van der Waals surface area contributed by atoms with Gasteiger partial charge in [0.15, 0.2) is 0 Å². The number of carbonyl (C=O) groups is 1. The number of rotatable bonds is 13. The van der Waals surface area contributed by atoms with Crippen LogP contribution in [0, 0.1) is 12.8 Å². The molecule has 1 unspecified atom stereocenters. The van der Waals surface area contributed by atoms with E-state index >= 15 is 0 Å². The normalized spacial score (nSPS) is 12.8. The van der Waals surface area contributed by atoms with Crippen molar-refractivity contribution in [3.8, 4) is 5.75 Å². The van der Waals surface area contributed by atoms with E-state index in [1.165, 1.54) is 0 Å². The number of nitrogens with zero attached hydrogens (tertiary/aromatic N) is 2. The summed E-state index contributed by atoms with van der Waals surface area (Å²) in [4.78, 5) is 21.9. The number of amides is 1. The number of hydrogen-bond acceptors (Lipinski definition) is 6. The van der Waals surface area contributed by atoms with Crippen molar-refractivity contribution >= 4 is 17.7 Å². The number of aromatic nitrogens is 2. The van der Waals surface area contributed by atoms with E-state index in [1.807, 2.05) is 43.3 Å². The molecule has 2 atom stereocenters. The molecular weight excluding hydrogens is 390 g/mol. The summed E-state index contributed by atoms with van der Waals surface area (Å²) >= 11 is 0. The van der Waals surface area contributed by atoms with Crippen LogP contribution in [-0.4, -0.2) is 41.1 Å². The molecule has 7 nitrogen and oxygen atoms in total. The Bertz CT molecular complexity index is 798. The van der Waals surface area contributed by atoms with Gasteiger partial charge < -0.3 is 20.7 Å². The van der Waals surface area contributed by atoms with Crippen LogP contribution in [0.1, 0.15) is 52.7 Å². The molecule has 170 valence electrons. The molecule has 31 heavy (non-hydrogen) atoms. The summed E-state index contributed by atoms with van der Waals surface area (Å²) in [5, 5.41) is 9.63. The molecule has 0 saturated carbocycles. The van der Waals surface area contributed by atoms with Gasteiger partial charge >= 0.3 is 0 Å². The zero-order valence-electron chi connectivity index (χ0n) is 19.4. The Kier molecular flexibility index (Phi) is 10.1. The molecule has 0 radical (unpaired) electrons. The highest BCUT2D eigenvalue weighted by molar-refractivity contribution is 5.84. The predicted molar refractivity (Wildman–Crippen MR) is 127 cm³/mol. The van der Waals surface area contributed by atoms with Crippen molar-refractivity contribution in [3.63, 3.8) is 0 Å². The van der Waals surface area contributed by atoms with Crippen molar-refractivity contribution in [1.29, 1.82) is 0 Å². The number of ether oxygens (including phenoxy) is 1. The monoisotopic (exact) mass is 427 g/mol. The molecule has 0 fully saturated rings. The summed E-state index contributed by atoms with van der Waals surface area (Å²) in [6, 6.07) is 11.4. The zero-order valence-corrected chi connectivity index (χ0v) is 19.4. The average molecular weight is 428 g/mol. The van der Waals surface area contributed by atoms with Crippen LogP contribution in [0.15, 0.2) is 36.4 Å². The van der Waals surface area contributed by atoms with Crippen molar-refractivity contribution in [1.82, 2.24) is 15.3 Å². The fourth-order valence-corrected chi connectivity index (χ4v) is 3.30. The van der Waals surface area contributed by atoms with E-state index in [1.54, 1.807) is 0 Å². The fourth-order valence-electron chi connectivity index (χ4n) is 3.30. The zero-order chi connectivity index (χ0) is 22.6. The molecular formula is C24H37N5O2. The van der Waals surface area contributed by atoms with Gasteiger partial charge in [-0.15, -0.1) is 0 Å². The smallest absolute Gasteiger partial charge is 0.242 e. The minimum absolute atomic E-state index is 0.0597. The maximum Gasteiger partial charge on any atom is 0.242 e. The number of hydrogen-bond donors (Lipinski definition) is 3. The first-order valence-electron chi connectivity index (χ1n) is 11.2. The van der Waals surface area contributed by atoms with Crippen molar-refractivity contribution < 1.29 is 9.53 Å². The summed E-state index contributed by atoms with van der Waals surface area (Å²) in [7, 11) is 0. The fraction of sp³-hybridized carbons (Fsp3) is 0.542. The molecule has 1 heterocycles. The van der Waals surface area contributed by atoms with Gasteiger partial charge in [0.25, 0.3) is 0 Å². The minimum Gasteiger partial charge on any atom is -0.492 e. The number of aryl methyl sites for hydroxylation is 1. The second-order valence-electron chi connectivity index (χ2n) is 8.33. The number of para-hydroxylation sites is 1. The predicted octanol–water partition coefficient (Wildman–Crippen LogP) is 4.41. The summed E-state index contributed by atoms with van der Waals surface area (Å²) in [5.41, 5.74) is 0.851. The van der Waals surface area contributed by atoms with Crippen molar-refractivity contribution in [2.24, 2.45) is 5.92 Å². The Hall–Kier alpha value is -2.83. The average Bonchev–Trinajstić information content (AvgIpc) is 2.70. The molecule has 0 saturated heterocycles. The third-order valence-electron chi connectivity index (χ3n) is 4.71. The van der Waals surface area contributed by atoms with E-state index in [4.69, 9.17) is 4.74 Å². The van der Waals surface area contributed by atoms with E-state index in [0.29, 0.717) is 43.3 Å². The van der Waals surface area contributed by atoms with Gasteiger partial charge in [-0.3, -0.25) is 4.79 Å². The lowest BCUT2D eigenvalue weighted by Crippen LogP contribution is -2.42. The van der Waals surface area contributed by atoms with Gasteiger partial charge in [0, 0.05) is 17.8 Å². The molecule has 1 aromatic heterocycles. The van der Waals surface area contributed by atoms with Crippen LogP contribution in [0.3, 0.4) is 0 Å². The third kappa shape index (κ3) is 9.24. The number of anilines is 2. The first-order valence-corrected chi connectivity index (χ1v) is 11.2. The number of carbonyl (C=O) groups excluding carboxylic acids is 1. The highest BCUT2D eigenvalue weighted by atomic mass is 16.5. The highest BCUT2D eigenvalue weighted by Gasteiger charge is 2.20. The standard InChI is InChI=1S/C24H37N5O2/c1-6-10-18(4)26-24-27-19(5)16-22(29-24)28-21(15-17(2)3)23(30)25-13-14-31-20-11-8-7-9-12-20/h7-9,11-12,16-18,21H,6,10,13-15H2,1-5H3,(H,25,30)(H2,26,27,28,29)/t18?,21-/m0/s1. The Morgan fingerprint density at radius 1 is 1.10 bits per heavy atom. The van der Waals surface area contributed by atoms with Crippen molar-refractivity contribution in [2.45, 2.75) is 66.0 Å². The quantitative estimate of drug-likeness (QED) is 0.411. The molecule has 0 spiro atoms. The molecule has 7 heteroatoms. The van der Waals surface area contributed by atoms with Gasteiger partial charge in [0.2, 0.25) is 11.9 Å². The van der Waals surface area contributed by atoms with Crippen molar-refractivity contribution in [2.75, 3.05) is 23.8 Å². The maximum atomic E-state index is 12.8. The second kappa shape index (κ2) is 12.8. The van der Waals surface area contributed by atoms with Crippen LogP contribution in [0.25, 0.3) is 0 Å². The SMILES string of the molecule is CCCC(C)Nc1nc(C)cc(N[C@@H](CC(C)C)C(=O)NCCOc2ccccc2)n1. The summed E-state index contributed by atoms with van der Waals surface area (Å²) in [6.07, 6.45) is 2.84. The minimum atomic E-state index is -0.382. The summed E-state index contributed by atoms with van der Waals surface area (Å²) < 4.78 is 5.66. The lowest BCUT2D eigenvalue weighted by atomic mass is 10.0. The van der Waals surface area contributed by atoms with Crippen LogP contribution in [0.4, 0.5) is 11.8 Å². The molecule has 3 N–H and O–H groups in total. The van der Waals surface area contributed by atoms with E-state index in [0.717, 1.165) is 24.3 Å². The van der Waals surface area contributed by atoms with Crippen LogP contribution in [-0.2, 0) is 4.79 Å². The molecule has 2 rings (SSSR count). The molecule has 0 bridgehead atoms. The Balaban J connectivity index is 1.96. The van der Waals surface area contributed by atoms with Gasteiger partial charge in [0.05, 0.1) is 6.54 Å². The summed E-state index contributed by atoms with van der Waals surface area (Å²) in [6.45, 7) is 11.3. The van der Waals surface area contributed by atoms with E-state index in [-0.39, 0.29) is 11.9 Å². The first kappa shape index (κ1) is 24.4. The van der Waals surface area contributed by atoms with Crippen LogP contribution >= 0.6 is 0 Å². The largest absolute Gasteiger partial charge is 0.492 e. The van der Waals surface area contributed by atoms with Crippen LogP contribution in [0.2, 0.25) is 0 Å². The van der Waals surface area contributed by atoms with Gasteiger partial charge in [-0.05, 0) is 44.7 Å². The highest BCUT2D eigenvalue weighted by Crippen LogP contribution is 2.16. The molecule has 0 aliphatic carbocycles.